The lowest BCUT2D eigenvalue weighted by Gasteiger charge is -2.18. The largest absolute Gasteiger partial charge is 0.462 e. The Morgan fingerprint density at radius 2 is 0.574 bits per heavy atom. The summed E-state index contributed by atoms with van der Waals surface area (Å²) in [5.41, 5.74) is 0. The maximum absolute atomic E-state index is 12.9. The van der Waals surface area contributed by atoms with Crippen molar-refractivity contribution in [2.75, 3.05) is 13.2 Å². The second-order valence-corrected chi connectivity index (χ2v) is 19.0. The van der Waals surface area contributed by atoms with Crippen molar-refractivity contribution >= 4 is 17.9 Å². The van der Waals surface area contributed by atoms with Gasteiger partial charge in [-0.2, -0.15) is 0 Å². The van der Waals surface area contributed by atoms with Gasteiger partial charge in [-0.3, -0.25) is 14.4 Å². The van der Waals surface area contributed by atoms with Gasteiger partial charge in [-0.25, -0.2) is 0 Å². The summed E-state index contributed by atoms with van der Waals surface area (Å²) < 4.78 is 16.8. The minimum Gasteiger partial charge on any atom is -0.462 e. The number of hydrogen-bond donors (Lipinski definition) is 0. The number of unbranched alkanes of at least 4 members (excludes halogenated alkanes) is 32. The Hall–Kier alpha value is -3.41. The van der Waals surface area contributed by atoms with Gasteiger partial charge in [-0.15, -0.1) is 0 Å². The zero-order chi connectivity index (χ0) is 49.3. The van der Waals surface area contributed by atoms with E-state index >= 15 is 0 Å². The van der Waals surface area contributed by atoms with Crippen LogP contribution in [0.25, 0.3) is 0 Å². The third-order valence-corrected chi connectivity index (χ3v) is 12.4. The highest BCUT2D eigenvalue weighted by Gasteiger charge is 2.19. The zero-order valence-electron chi connectivity index (χ0n) is 44.6. The number of carbonyl (C=O) groups excluding carboxylic acids is 3. The van der Waals surface area contributed by atoms with E-state index in [1.165, 1.54) is 161 Å². The van der Waals surface area contributed by atoms with Crippen LogP contribution in [0.15, 0.2) is 85.1 Å². The molecule has 0 spiro atoms. The average molecular weight is 948 g/mol. The van der Waals surface area contributed by atoms with Crippen LogP contribution in [0.4, 0.5) is 0 Å². The van der Waals surface area contributed by atoms with Gasteiger partial charge in [0.15, 0.2) is 6.10 Å². The van der Waals surface area contributed by atoms with Gasteiger partial charge in [0, 0.05) is 19.3 Å². The molecule has 0 amide bonds. The lowest BCUT2D eigenvalue weighted by atomic mass is 10.0. The monoisotopic (exact) mass is 947 g/mol. The van der Waals surface area contributed by atoms with Crippen LogP contribution in [0.1, 0.15) is 271 Å². The summed E-state index contributed by atoms with van der Waals surface area (Å²) >= 11 is 0. The first kappa shape index (κ1) is 64.6. The number of esters is 3. The molecule has 0 saturated heterocycles. The fourth-order valence-corrected chi connectivity index (χ4v) is 8.07. The molecule has 0 heterocycles. The molecule has 390 valence electrons. The molecule has 0 aliphatic rings. The standard InChI is InChI=1S/C62H106O6/c1-4-7-10-13-16-19-22-25-28-30-31-32-35-37-40-43-46-49-52-55-61(64)67-58-59(57-66-60(63)54-51-48-45-42-39-36-33-27-24-21-18-15-12-9-6-3)68-62(65)56-53-50-47-44-41-38-34-29-26-23-20-17-14-11-8-5-2/h7,10,13,16,19,22,25,28,30-32,35,37,40,59H,4-6,8-9,11-12,14-15,17-18,20-21,23-24,26-27,29,33-34,36,38-39,41-58H2,1-3H3/b10-7-,16-13-,22-19-,28-25-,31-30+,35-32-,40-37-. The molecule has 68 heavy (non-hydrogen) atoms. The molecule has 0 aliphatic carbocycles. The van der Waals surface area contributed by atoms with Crippen molar-refractivity contribution < 1.29 is 28.6 Å². The van der Waals surface area contributed by atoms with Crippen molar-refractivity contribution in [2.24, 2.45) is 0 Å². The minimum absolute atomic E-state index is 0.0879. The summed E-state index contributed by atoms with van der Waals surface area (Å²) in [5, 5.41) is 0. The van der Waals surface area contributed by atoms with Crippen LogP contribution in [0.3, 0.4) is 0 Å². The van der Waals surface area contributed by atoms with Crippen molar-refractivity contribution in [2.45, 2.75) is 277 Å². The van der Waals surface area contributed by atoms with E-state index in [1.807, 2.05) is 72.9 Å². The molecular weight excluding hydrogens is 841 g/mol. The number of hydrogen-bond acceptors (Lipinski definition) is 6. The Morgan fingerprint density at radius 1 is 0.309 bits per heavy atom. The van der Waals surface area contributed by atoms with Crippen molar-refractivity contribution in [3.05, 3.63) is 85.1 Å². The Bertz CT molecular complexity index is 1320. The Morgan fingerprint density at radius 3 is 0.897 bits per heavy atom. The number of rotatable bonds is 51. The summed E-state index contributed by atoms with van der Waals surface area (Å²) in [5.74, 6) is -0.924. The topological polar surface area (TPSA) is 78.9 Å². The Balaban J connectivity index is 4.46. The van der Waals surface area contributed by atoms with E-state index in [1.54, 1.807) is 0 Å². The van der Waals surface area contributed by atoms with Gasteiger partial charge in [0.25, 0.3) is 0 Å². The van der Waals surface area contributed by atoms with Gasteiger partial charge < -0.3 is 14.2 Å². The Kier molecular flexibility index (Phi) is 53.4. The van der Waals surface area contributed by atoms with E-state index in [0.29, 0.717) is 19.3 Å². The van der Waals surface area contributed by atoms with Gasteiger partial charge in [-0.1, -0.05) is 298 Å². The van der Waals surface area contributed by atoms with Crippen LogP contribution in [0.5, 0.6) is 0 Å². The minimum atomic E-state index is -0.793. The first-order chi connectivity index (χ1) is 33.5. The van der Waals surface area contributed by atoms with E-state index in [-0.39, 0.29) is 31.1 Å². The lowest BCUT2D eigenvalue weighted by Crippen LogP contribution is -2.30. The predicted octanol–water partition coefficient (Wildman–Crippen LogP) is 19.2. The molecule has 0 saturated carbocycles. The molecule has 0 aromatic heterocycles. The van der Waals surface area contributed by atoms with Crippen LogP contribution < -0.4 is 0 Å². The molecule has 0 aromatic rings. The fourth-order valence-electron chi connectivity index (χ4n) is 8.07. The smallest absolute Gasteiger partial charge is 0.306 e. The molecule has 0 fully saturated rings. The highest BCUT2D eigenvalue weighted by atomic mass is 16.6. The second kappa shape index (κ2) is 56.2. The molecule has 1 unspecified atom stereocenters. The van der Waals surface area contributed by atoms with Gasteiger partial charge in [0.05, 0.1) is 0 Å². The van der Waals surface area contributed by atoms with Crippen LogP contribution in [-0.2, 0) is 28.6 Å². The van der Waals surface area contributed by atoms with Crippen LogP contribution in [-0.4, -0.2) is 37.2 Å². The van der Waals surface area contributed by atoms with Crippen LogP contribution in [0, 0.1) is 0 Å². The van der Waals surface area contributed by atoms with Gasteiger partial charge >= 0.3 is 17.9 Å². The summed E-state index contributed by atoms with van der Waals surface area (Å²) in [4.78, 5) is 38.2. The van der Waals surface area contributed by atoms with E-state index in [4.69, 9.17) is 14.2 Å². The molecule has 0 aliphatic heterocycles. The van der Waals surface area contributed by atoms with Gasteiger partial charge in [0.2, 0.25) is 0 Å². The third kappa shape index (κ3) is 53.5. The van der Waals surface area contributed by atoms with Crippen molar-refractivity contribution in [1.82, 2.24) is 0 Å². The zero-order valence-corrected chi connectivity index (χ0v) is 44.6. The van der Waals surface area contributed by atoms with Crippen molar-refractivity contribution in [3.63, 3.8) is 0 Å². The SMILES string of the molecule is CC\C=C/C=C\C=C/C=C\C=C\C=C/C=C\CCCCCC(=O)OCC(COC(=O)CCCCCCCCCCCCCCCCC)OC(=O)CCCCCCCCCCCCCCCCCC. The molecule has 6 heteroatoms. The number of allylic oxidation sites excluding steroid dienone is 14. The van der Waals surface area contributed by atoms with Crippen LogP contribution in [0.2, 0.25) is 0 Å². The molecule has 6 nitrogen and oxygen atoms in total. The average Bonchev–Trinajstić information content (AvgIpc) is 3.34. The maximum Gasteiger partial charge on any atom is 0.306 e. The van der Waals surface area contributed by atoms with E-state index in [2.05, 4.69) is 32.9 Å². The molecule has 0 N–H and O–H groups in total. The van der Waals surface area contributed by atoms with Crippen molar-refractivity contribution in [3.8, 4) is 0 Å². The van der Waals surface area contributed by atoms with Gasteiger partial charge in [-0.05, 0) is 38.5 Å². The summed E-state index contributed by atoms with van der Waals surface area (Å²) in [6.45, 7) is 6.48. The molecular formula is C62H106O6. The fraction of sp³-hybridized carbons (Fsp3) is 0.726. The first-order valence-electron chi connectivity index (χ1n) is 28.7. The molecule has 0 rings (SSSR count). The summed E-state index contributed by atoms with van der Waals surface area (Å²) in [7, 11) is 0. The van der Waals surface area contributed by atoms with Gasteiger partial charge in [0.1, 0.15) is 13.2 Å². The first-order valence-corrected chi connectivity index (χ1v) is 28.7. The molecule has 0 radical (unpaired) electrons. The van der Waals surface area contributed by atoms with E-state index in [0.717, 1.165) is 70.6 Å². The number of carbonyl (C=O) groups is 3. The van der Waals surface area contributed by atoms with Crippen molar-refractivity contribution in [1.29, 1.82) is 0 Å². The normalized spacial score (nSPS) is 12.7. The summed E-state index contributed by atoms with van der Waals surface area (Å²) in [6.07, 6.45) is 72.8. The highest BCUT2D eigenvalue weighted by Crippen LogP contribution is 2.16. The molecule has 0 bridgehead atoms. The van der Waals surface area contributed by atoms with Crippen LogP contribution >= 0.6 is 0 Å². The number of ether oxygens (including phenoxy) is 3. The Labute approximate surface area is 420 Å². The third-order valence-electron chi connectivity index (χ3n) is 12.4. The van der Waals surface area contributed by atoms with E-state index < -0.39 is 6.10 Å². The lowest BCUT2D eigenvalue weighted by molar-refractivity contribution is -0.167. The second-order valence-electron chi connectivity index (χ2n) is 19.0. The molecule has 1 atom stereocenters. The molecule has 0 aromatic carbocycles. The van der Waals surface area contributed by atoms with E-state index in [9.17, 15) is 14.4 Å². The predicted molar refractivity (Wildman–Crippen MR) is 293 cm³/mol. The highest BCUT2D eigenvalue weighted by molar-refractivity contribution is 5.71. The quantitative estimate of drug-likeness (QED) is 0.0262. The summed E-state index contributed by atoms with van der Waals surface area (Å²) in [6, 6.07) is 0. The maximum atomic E-state index is 12.9.